The van der Waals surface area contributed by atoms with E-state index in [9.17, 15) is 18.4 Å². The first-order chi connectivity index (χ1) is 12.8. The van der Waals surface area contributed by atoms with E-state index in [-0.39, 0.29) is 36.6 Å². The monoisotopic (exact) mass is 375 g/mol. The molecule has 5 nitrogen and oxygen atoms in total. The molecule has 1 atom stereocenters. The molecule has 2 aromatic carbocycles. The predicted octanol–water partition coefficient (Wildman–Crippen LogP) is 3.26. The first-order valence-electron chi connectivity index (χ1n) is 8.54. The number of rotatable bonds is 4. The van der Waals surface area contributed by atoms with Gasteiger partial charge in [0.25, 0.3) is 5.91 Å². The molecule has 0 bridgehead atoms. The maximum absolute atomic E-state index is 14.6. The van der Waals surface area contributed by atoms with Crippen molar-refractivity contribution in [2.24, 2.45) is 0 Å². The van der Waals surface area contributed by atoms with Gasteiger partial charge < -0.3 is 14.7 Å². The molecule has 1 N–H and O–H groups in total. The summed E-state index contributed by atoms with van der Waals surface area (Å²) in [5, 5.41) is 8.87. The number of hydrogen-bond donors (Lipinski definition) is 1. The van der Waals surface area contributed by atoms with Crippen LogP contribution in [0.3, 0.4) is 0 Å². The number of hydrogen-bond acceptors (Lipinski definition) is 3. The number of aliphatic carboxylic acids is 1. The van der Waals surface area contributed by atoms with Crippen LogP contribution in [0.25, 0.3) is 11.1 Å². The third-order valence-electron chi connectivity index (χ3n) is 4.52. The molecule has 7 heteroatoms. The molecule has 0 saturated carbocycles. The third kappa shape index (κ3) is 4.31. The highest BCUT2D eigenvalue weighted by molar-refractivity contribution is 5.95. The van der Waals surface area contributed by atoms with E-state index in [2.05, 4.69) is 0 Å². The molecular weight excluding hydrogens is 356 g/mol. The van der Waals surface area contributed by atoms with Crippen LogP contribution in [-0.2, 0) is 9.53 Å². The van der Waals surface area contributed by atoms with E-state index in [0.29, 0.717) is 17.7 Å². The maximum Gasteiger partial charge on any atom is 0.306 e. The Balaban J connectivity index is 1.80. The van der Waals surface area contributed by atoms with Crippen molar-refractivity contribution in [3.05, 3.63) is 59.2 Å². The summed E-state index contributed by atoms with van der Waals surface area (Å²) in [5.74, 6) is -2.35. The van der Waals surface area contributed by atoms with Crippen molar-refractivity contribution < 1.29 is 28.2 Å². The van der Waals surface area contributed by atoms with Crippen molar-refractivity contribution in [1.29, 1.82) is 0 Å². The molecule has 0 spiro atoms. The molecule has 142 valence electrons. The number of carbonyl (C=O) groups excluding carboxylic acids is 1. The Labute approximate surface area is 155 Å². The second-order valence-corrected chi connectivity index (χ2v) is 6.50. The van der Waals surface area contributed by atoms with E-state index in [1.807, 2.05) is 0 Å². The average molecular weight is 375 g/mol. The summed E-state index contributed by atoms with van der Waals surface area (Å²) in [5.41, 5.74) is 1.61. The van der Waals surface area contributed by atoms with Gasteiger partial charge >= 0.3 is 5.97 Å². The first-order valence-corrected chi connectivity index (χ1v) is 8.54. The highest BCUT2D eigenvalue weighted by atomic mass is 19.1. The van der Waals surface area contributed by atoms with Crippen molar-refractivity contribution in [1.82, 2.24) is 4.90 Å². The Morgan fingerprint density at radius 1 is 1.19 bits per heavy atom. The van der Waals surface area contributed by atoms with Crippen LogP contribution in [0.5, 0.6) is 0 Å². The number of carboxylic acids is 1. The Morgan fingerprint density at radius 2 is 1.93 bits per heavy atom. The quantitative estimate of drug-likeness (QED) is 0.891. The number of amides is 1. The van der Waals surface area contributed by atoms with E-state index >= 15 is 0 Å². The lowest BCUT2D eigenvalue weighted by molar-refractivity contribution is -0.141. The Kier molecular flexibility index (Phi) is 5.51. The zero-order valence-electron chi connectivity index (χ0n) is 14.7. The molecule has 1 amide bonds. The SMILES string of the molecule is Cc1cc(F)ccc1-c1ccc(C(=O)N2CCOC(CC(=O)O)C2)cc1F. The second kappa shape index (κ2) is 7.84. The highest BCUT2D eigenvalue weighted by Gasteiger charge is 2.27. The van der Waals surface area contributed by atoms with Gasteiger partial charge in [0.1, 0.15) is 11.6 Å². The van der Waals surface area contributed by atoms with Gasteiger partial charge in [-0.2, -0.15) is 0 Å². The number of morpholine rings is 1. The molecular formula is C20H19F2NO4. The first kappa shape index (κ1) is 19.0. The summed E-state index contributed by atoms with van der Waals surface area (Å²) in [6.45, 7) is 2.38. The molecule has 0 aliphatic carbocycles. The standard InChI is InChI=1S/C20H19F2NO4/c1-12-8-14(21)3-5-16(12)17-4-2-13(9-18(17)22)20(26)23-6-7-27-15(11-23)10-19(24)25/h2-5,8-9,15H,6-7,10-11H2,1H3,(H,24,25). The summed E-state index contributed by atoms with van der Waals surface area (Å²) < 4.78 is 33.2. The van der Waals surface area contributed by atoms with Gasteiger partial charge in [0.2, 0.25) is 0 Å². The van der Waals surface area contributed by atoms with Gasteiger partial charge in [-0.25, -0.2) is 8.78 Å². The van der Waals surface area contributed by atoms with Crippen LogP contribution in [-0.4, -0.2) is 47.7 Å². The van der Waals surface area contributed by atoms with Crippen LogP contribution in [0.1, 0.15) is 22.3 Å². The number of ether oxygens (including phenoxy) is 1. The Bertz CT molecular complexity index is 884. The van der Waals surface area contributed by atoms with Crippen molar-refractivity contribution in [2.75, 3.05) is 19.7 Å². The van der Waals surface area contributed by atoms with E-state index in [1.54, 1.807) is 6.92 Å². The van der Waals surface area contributed by atoms with E-state index < -0.39 is 23.7 Å². The molecule has 0 aromatic heterocycles. The topological polar surface area (TPSA) is 66.8 Å². The summed E-state index contributed by atoms with van der Waals surface area (Å²) in [4.78, 5) is 24.9. The predicted molar refractivity (Wildman–Crippen MR) is 94.4 cm³/mol. The van der Waals surface area contributed by atoms with Crippen LogP contribution >= 0.6 is 0 Å². The smallest absolute Gasteiger partial charge is 0.306 e. The highest BCUT2D eigenvalue weighted by Crippen LogP contribution is 2.28. The van der Waals surface area contributed by atoms with Crippen molar-refractivity contribution in [3.63, 3.8) is 0 Å². The fourth-order valence-electron chi connectivity index (χ4n) is 3.20. The zero-order chi connectivity index (χ0) is 19.6. The normalized spacial score (nSPS) is 17.0. The molecule has 0 radical (unpaired) electrons. The van der Waals surface area contributed by atoms with Gasteiger partial charge in [-0.1, -0.05) is 12.1 Å². The molecule has 1 aliphatic rings. The number of benzene rings is 2. The second-order valence-electron chi connectivity index (χ2n) is 6.50. The van der Waals surface area contributed by atoms with Crippen molar-refractivity contribution in [2.45, 2.75) is 19.4 Å². The van der Waals surface area contributed by atoms with E-state index in [0.717, 1.165) is 6.07 Å². The number of nitrogens with zero attached hydrogens (tertiary/aromatic N) is 1. The molecule has 1 heterocycles. The molecule has 1 saturated heterocycles. The zero-order valence-corrected chi connectivity index (χ0v) is 14.7. The van der Waals surface area contributed by atoms with Crippen LogP contribution in [0.15, 0.2) is 36.4 Å². The molecule has 2 aromatic rings. The lowest BCUT2D eigenvalue weighted by Crippen LogP contribution is -2.46. The number of halogens is 2. The summed E-state index contributed by atoms with van der Waals surface area (Å²) >= 11 is 0. The van der Waals surface area contributed by atoms with Gasteiger partial charge in [-0.05, 0) is 42.3 Å². The molecule has 1 aliphatic heterocycles. The number of carbonyl (C=O) groups is 2. The fraction of sp³-hybridized carbons (Fsp3) is 0.300. The average Bonchev–Trinajstić information content (AvgIpc) is 2.61. The lowest BCUT2D eigenvalue weighted by Gasteiger charge is -2.32. The number of carboxylic acid groups (broad SMARTS) is 1. The molecule has 3 rings (SSSR count). The van der Waals surface area contributed by atoms with Gasteiger partial charge in [0.05, 0.1) is 19.1 Å². The Morgan fingerprint density at radius 3 is 2.59 bits per heavy atom. The fourth-order valence-corrected chi connectivity index (χ4v) is 3.20. The molecule has 1 unspecified atom stereocenters. The maximum atomic E-state index is 14.6. The van der Waals surface area contributed by atoms with Crippen LogP contribution in [0.4, 0.5) is 8.78 Å². The molecule has 27 heavy (non-hydrogen) atoms. The van der Waals surface area contributed by atoms with Crippen LogP contribution in [0.2, 0.25) is 0 Å². The lowest BCUT2D eigenvalue weighted by atomic mass is 9.98. The van der Waals surface area contributed by atoms with Gasteiger partial charge in [-0.3, -0.25) is 9.59 Å². The summed E-state index contributed by atoms with van der Waals surface area (Å²) in [6, 6.07) is 8.26. The number of aryl methyl sites for hydroxylation is 1. The largest absolute Gasteiger partial charge is 0.481 e. The summed E-state index contributed by atoms with van der Waals surface area (Å²) in [6.07, 6.45) is -0.771. The molecule has 1 fully saturated rings. The summed E-state index contributed by atoms with van der Waals surface area (Å²) in [7, 11) is 0. The third-order valence-corrected chi connectivity index (χ3v) is 4.52. The van der Waals surface area contributed by atoms with Gasteiger partial charge in [0, 0.05) is 24.2 Å². The van der Waals surface area contributed by atoms with Crippen LogP contribution in [0, 0.1) is 18.6 Å². The minimum absolute atomic E-state index is 0.144. The minimum atomic E-state index is -1.00. The van der Waals surface area contributed by atoms with Gasteiger partial charge in [0.15, 0.2) is 0 Å². The van der Waals surface area contributed by atoms with Crippen molar-refractivity contribution in [3.8, 4) is 11.1 Å². The van der Waals surface area contributed by atoms with Crippen molar-refractivity contribution >= 4 is 11.9 Å². The van der Waals surface area contributed by atoms with E-state index in [4.69, 9.17) is 9.84 Å². The van der Waals surface area contributed by atoms with E-state index in [1.165, 1.54) is 35.2 Å². The van der Waals surface area contributed by atoms with Gasteiger partial charge in [-0.15, -0.1) is 0 Å². The van der Waals surface area contributed by atoms with Crippen LogP contribution < -0.4 is 0 Å². The minimum Gasteiger partial charge on any atom is -0.481 e. The Hall–Kier alpha value is -2.80.